The molecule has 0 fully saturated rings. The second kappa shape index (κ2) is 6.29. The monoisotopic (exact) mass is 338 g/mol. The lowest BCUT2D eigenvalue weighted by atomic mass is 10.1. The first-order valence-corrected chi connectivity index (χ1v) is 6.48. The van der Waals surface area contributed by atoms with Gasteiger partial charge in [-0.15, -0.1) is 5.10 Å². The second-order valence-corrected chi connectivity index (χ2v) is 4.92. The Bertz CT molecular complexity index is 641. The van der Waals surface area contributed by atoms with Gasteiger partial charge in [0.1, 0.15) is 0 Å². The van der Waals surface area contributed by atoms with Gasteiger partial charge >= 0.3 is 5.97 Å². The zero-order valence-electron chi connectivity index (χ0n) is 10.3. The van der Waals surface area contributed by atoms with Crippen LogP contribution in [0.3, 0.4) is 0 Å². The molecule has 1 aromatic heterocycles. The molecule has 0 spiro atoms. The molecule has 1 aromatic carbocycles. The highest BCUT2D eigenvalue weighted by Crippen LogP contribution is 2.12. The molecule has 0 radical (unpaired) electrons. The lowest BCUT2D eigenvalue weighted by Gasteiger charge is -2.02. The topological polar surface area (TPSA) is 97.1 Å². The predicted molar refractivity (Wildman–Crippen MR) is 74.1 cm³/mol. The van der Waals surface area contributed by atoms with E-state index in [0.29, 0.717) is 0 Å². The second-order valence-electron chi connectivity index (χ2n) is 4.01. The molecule has 2 N–H and O–H groups in total. The largest absolute Gasteiger partial charge is 0.480 e. The minimum absolute atomic E-state index is 0.200. The maximum atomic E-state index is 11.8. The Kier molecular flexibility index (Phi) is 4.46. The van der Waals surface area contributed by atoms with E-state index in [2.05, 4.69) is 31.4 Å². The summed E-state index contributed by atoms with van der Waals surface area (Å²) in [5.41, 5.74) is 0.856. The summed E-state index contributed by atoms with van der Waals surface area (Å²) in [6, 6.07) is 7.40. The zero-order chi connectivity index (χ0) is 14.5. The summed E-state index contributed by atoms with van der Waals surface area (Å²) < 4.78 is 0.898. The van der Waals surface area contributed by atoms with E-state index in [1.807, 2.05) is 24.3 Å². The lowest BCUT2D eigenvalue weighted by Crippen LogP contribution is -2.16. The third-order valence-corrected chi connectivity index (χ3v) is 2.83. The van der Waals surface area contributed by atoms with Crippen molar-refractivity contribution in [3.8, 4) is 0 Å². The first-order chi connectivity index (χ1) is 9.52. The van der Waals surface area contributed by atoms with E-state index in [1.165, 1.54) is 6.20 Å². The van der Waals surface area contributed by atoms with Crippen molar-refractivity contribution in [2.75, 3.05) is 5.32 Å². The fourth-order valence-electron chi connectivity index (χ4n) is 1.57. The summed E-state index contributed by atoms with van der Waals surface area (Å²) in [5.74, 6) is -1.07. The van der Waals surface area contributed by atoms with Gasteiger partial charge in [-0.3, -0.25) is 9.59 Å². The normalized spacial score (nSPS) is 10.2. The highest BCUT2D eigenvalue weighted by atomic mass is 79.9. The SMILES string of the molecule is O=C(O)Cn1ncc(NC(=O)Cc2cccc(Br)c2)n1. The Morgan fingerprint density at radius 2 is 2.20 bits per heavy atom. The first-order valence-electron chi connectivity index (χ1n) is 5.69. The van der Waals surface area contributed by atoms with Crippen LogP contribution in [0.4, 0.5) is 5.82 Å². The summed E-state index contributed by atoms with van der Waals surface area (Å²) in [6.45, 7) is -0.346. The van der Waals surface area contributed by atoms with Crippen molar-refractivity contribution < 1.29 is 14.7 Å². The molecule has 0 bridgehead atoms. The van der Waals surface area contributed by atoms with Crippen LogP contribution in [0, 0.1) is 0 Å². The van der Waals surface area contributed by atoms with Crippen LogP contribution in [0.1, 0.15) is 5.56 Å². The van der Waals surface area contributed by atoms with Gasteiger partial charge in [-0.2, -0.15) is 9.90 Å². The third kappa shape index (κ3) is 4.16. The van der Waals surface area contributed by atoms with Crippen LogP contribution >= 0.6 is 15.9 Å². The average Bonchev–Trinajstić information content (AvgIpc) is 2.75. The van der Waals surface area contributed by atoms with Crippen molar-refractivity contribution in [3.05, 3.63) is 40.5 Å². The highest BCUT2D eigenvalue weighted by Gasteiger charge is 2.08. The van der Waals surface area contributed by atoms with Crippen LogP contribution in [0.5, 0.6) is 0 Å². The molecule has 0 unspecified atom stereocenters. The van der Waals surface area contributed by atoms with Crippen molar-refractivity contribution in [1.29, 1.82) is 0 Å². The number of aromatic nitrogens is 3. The molecular formula is C12H11BrN4O3. The molecule has 1 amide bonds. The minimum Gasteiger partial charge on any atom is -0.480 e. The molecule has 2 aromatic rings. The van der Waals surface area contributed by atoms with Crippen LogP contribution in [0.2, 0.25) is 0 Å². The van der Waals surface area contributed by atoms with E-state index in [0.717, 1.165) is 14.8 Å². The number of rotatable bonds is 5. The fourth-order valence-corrected chi connectivity index (χ4v) is 2.02. The molecule has 8 heteroatoms. The Labute approximate surface area is 122 Å². The third-order valence-electron chi connectivity index (χ3n) is 2.33. The number of hydrogen-bond acceptors (Lipinski definition) is 4. The number of nitrogens with one attached hydrogen (secondary N) is 1. The molecule has 0 aliphatic carbocycles. The summed E-state index contributed by atoms with van der Waals surface area (Å²) in [6.07, 6.45) is 1.51. The van der Waals surface area contributed by atoms with Gasteiger partial charge in [0.15, 0.2) is 12.4 Å². The maximum absolute atomic E-state index is 11.8. The molecule has 1 heterocycles. The minimum atomic E-state index is -1.05. The van der Waals surface area contributed by atoms with Gasteiger partial charge < -0.3 is 10.4 Å². The van der Waals surface area contributed by atoms with Crippen LogP contribution in [0.15, 0.2) is 34.9 Å². The molecular weight excluding hydrogens is 328 g/mol. The van der Waals surface area contributed by atoms with E-state index >= 15 is 0 Å². The number of benzene rings is 1. The molecule has 2 rings (SSSR count). The molecule has 0 atom stereocenters. The number of nitrogens with zero attached hydrogens (tertiary/aromatic N) is 3. The standard InChI is InChI=1S/C12H11BrN4O3/c13-9-3-1-2-8(4-9)5-11(18)15-10-6-14-17(16-10)7-12(19)20/h1-4,6H,5,7H2,(H,19,20)(H,15,16,18). The van der Waals surface area contributed by atoms with Crippen LogP contribution in [-0.4, -0.2) is 32.0 Å². The summed E-state index contributed by atoms with van der Waals surface area (Å²) in [4.78, 5) is 23.3. The highest BCUT2D eigenvalue weighted by molar-refractivity contribution is 9.10. The van der Waals surface area contributed by atoms with Gasteiger partial charge in [0.25, 0.3) is 0 Å². The average molecular weight is 339 g/mol. The van der Waals surface area contributed by atoms with Crippen LogP contribution in [-0.2, 0) is 22.6 Å². The van der Waals surface area contributed by atoms with Gasteiger partial charge in [0.05, 0.1) is 12.6 Å². The number of aliphatic carboxylic acids is 1. The summed E-state index contributed by atoms with van der Waals surface area (Å²) in [5, 5.41) is 18.7. The maximum Gasteiger partial charge on any atom is 0.327 e. The van der Waals surface area contributed by atoms with Gasteiger partial charge in [0, 0.05) is 4.47 Å². The van der Waals surface area contributed by atoms with Gasteiger partial charge in [-0.25, -0.2) is 0 Å². The number of carboxylic acids is 1. The van der Waals surface area contributed by atoms with Crippen molar-refractivity contribution in [3.63, 3.8) is 0 Å². The van der Waals surface area contributed by atoms with Crippen molar-refractivity contribution in [2.45, 2.75) is 13.0 Å². The number of amides is 1. The number of anilines is 1. The van der Waals surface area contributed by atoms with Crippen LogP contribution in [0.25, 0.3) is 0 Å². The van der Waals surface area contributed by atoms with Gasteiger partial charge in [0.2, 0.25) is 5.91 Å². The summed E-state index contributed by atoms with van der Waals surface area (Å²) >= 11 is 3.33. The molecule has 20 heavy (non-hydrogen) atoms. The number of carbonyl (C=O) groups is 2. The fraction of sp³-hybridized carbons (Fsp3) is 0.167. The number of hydrogen-bond donors (Lipinski definition) is 2. The number of halogens is 1. The van der Waals surface area contributed by atoms with E-state index in [9.17, 15) is 9.59 Å². The van der Waals surface area contributed by atoms with E-state index < -0.39 is 5.97 Å². The zero-order valence-corrected chi connectivity index (χ0v) is 11.9. The first kappa shape index (κ1) is 14.2. The van der Waals surface area contributed by atoms with E-state index in [1.54, 1.807) is 0 Å². The lowest BCUT2D eigenvalue weighted by molar-refractivity contribution is -0.138. The van der Waals surface area contributed by atoms with Crippen LogP contribution < -0.4 is 5.32 Å². The molecule has 104 valence electrons. The Balaban J connectivity index is 1.94. The Morgan fingerprint density at radius 3 is 2.90 bits per heavy atom. The van der Waals surface area contributed by atoms with Gasteiger partial charge in [-0.05, 0) is 17.7 Å². The van der Waals surface area contributed by atoms with E-state index in [-0.39, 0.29) is 24.7 Å². The van der Waals surface area contributed by atoms with Crippen molar-refractivity contribution in [2.24, 2.45) is 0 Å². The van der Waals surface area contributed by atoms with Crippen molar-refractivity contribution >= 4 is 33.6 Å². The van der Waals surface area contributed by atoms with Crippen molar-refractivity contribution in [1.82, 2.24) is 15.0 Å². The van der Waals surface area contributed by atoms with Gasteiger partial charge in [-0.1, -0.05) is 28.1 Å². The Hall–Kier alpha value is -2.22. The number of carboxylic acid groups (broad SMARTS) is 1. The number of carbonyl (C=O) groups excluding carboxylic acids is 1. The molecule has 7 nitrogen and oxygen atoms in total. The molecule has 0 saturated heterocycles. The Morgan fingerprint density at radius 1 is 1.40 bits per heavy atom. The molecule has 0 aliphatic heterocycles. The molecule has 0 aliphatic rings. The predicted octanol–water partition coefficient (Wildman–Crippen LogP) is 1.31. The smallest absolute Gasteiger partial charge is 0.327 e. The quantitative estimate of drug-likeness (QED) is 0.856. The summed E-state index contributed by atoms with van der Waals surface area (Å²) in [7, 11) is 0. The van der Waals surface area contributed by atoms with E-state index in [4.69, 9.17) is 5.11 Å². The molecule has 0 saturated carbocycles.